The molecule has 4 rings (SSSR count). The second kappa shape index (κ2) is 7.87. The maximum Gasteiger partial charge on any atom is 0.272 e. The van der Waals surface area contributed by atoms with Gasteiger partial charge in [-0.05, 0) is 44.2 Å². The van der Waals surface area contributed by atoms with Crippen LogP contribution in [0.1, 0.15) is 38.2 Å². The number of ether oxygens (including phenoxy) is 1. The molecule has 6 nitrogen and oxygen atoms in total. The number of benzene rings is 1. The predicted molar refractivity (Wildman–Crippen MR) is 111 cm³/mol. The third kappa shape index (κ3) is 3.87. The SMILES string of the molecule is CC(=O)c1ccc(NC(=O)c2cc3sc(C)c(CN4CCOCC4)c3[nH]2)cc1. The van der Waals surface area contributed by atoms with Gasteiger partial charge in [0.1, 0.15) is 5.69 Å². The molecule has 1 aliphatic heterocycles. The molecule has 146 valence electrons. The third-order valence-corrected chi connectivity index (χ3v) is 6.15. The number of nitrogens with one attached hydrogen (secondary N) is 2. The van der Waals surface area contributed by atoms with Crippen LogP contribution in [0.3, 0.4) is 0 Å². The van der Waals surface area contributed by atoms with Crippen LogP contribution in [0.15, 0.2) is 30.3 Å². The fraction of sp³-hybridized carbons (Fsp3) is 0.333. The van der Waals surface area contributed by atoms with E-state index in [1.807, 2.05) is 6.07 Å². The van der Waals surface area contributed by atoms with Gasteiger partial charge in [0.05, 0.1) is 23.4 Å². The van der Waals surface area contributed by atoms with E-state index in [1.165, 1.54) is 17.4 Å². The first-order chi connectivity index (χ1) is 13.5. The number of hydrogen-bond donors (Lipinski definition) is 2. The monoisotopic (exact) mass is 397 g/mol. The Kier molecular flexibility index (Phi) is 5.30. The van der Waals surface area contributed by atoms with Crippen LogP contribution in [0.25, 0.3) is 10.2 Å². The molecule has 1 amide bonds. The minimum absolute atomic E-state index is 0.00523. The van der Waals surface area contributed by atoms with Gasteiger partial charge >= 0.3 is 0 Å². The van der Waals surface area contributed by atoms with Crippen LogP contribution < -0.4 is 5.32 Å². The lowest BCUT2D eigenvalue weighted by Crippen LogP contribution is -2.35. The molecule has 1 fully saturated rings. The molecule has 0 radical (unpaired) electrons. The van der Waals surface area contributed by atoms with E-state index in [0.29, 0.717) is 16.9 Å². The van der Waals surface area contributed by atoms with Gasteiger partial charge in [-0.1, -0.05) is 0 Å². The molecule has 1 aromatic carbocycles. The number of anilines is 1. The summed E-state index contributed by atoms with van der Waals surface area (Å²) in [5, 5.41) is 2.89. The number of thiophene rings is 1. The number of H-pyrrole nitrogens is 1. The van der Waals surface area contributed by atoms with Crippen molar-refractivity contribution in [2.45, 2.75) is 20.4 Å². The van der Waals surface area contributed by atoms with Crippen molar-refractivity contribution in [3.05, 3.63) is 52.0 Å². The number of amides is 1. The van der Waals surface area contributed by atoms with Crippen molar-refractivity contribution in [2.75, 3.05) is 31.6 Å². The number of hydrogen-bond acceptors (Lipinski definition) is 5. The maximum atomic E-state index is 12.7. The smallest absolute Gasteiger partial charge is 0.272 e. The molecule has 0 spiro atoms. The van der Waals surface area contributed by atoms with Gasteiger partial charge < -0.3 is 15.0 Å². The molecular formula is C21H23N3O3S. The third-order valence-electron chi connectivity index (χ3n) is 5.05. The van der Waals surface area contributed by atoms with Gasteiger partial charge in [0.25, 0.3) is 5.91 Å². The number of nitrogens with zero attached hydrogens (tertiary/aromatic N) is 1. The van der Waals surface area contributed by atoms with Crippen molar-refractivity contribution in [1.29, 1.82) is 0 Å². The number of carbonyl (C=O) groups excluding carboxylic acids is 2. The Bertz CT molecular complexity index is 1010. The van der Waals surface area contributed by atoms with Crippen molar-refractivity contribution in [3.63, 3.8) is 0 Å². The molecule has 0 aliphatic carbocycles. The summed E-state index contributed by atoms with van der Waals surface area (Å²) in [6.45, 7) is 7.92. The molecule has 28 heavy (non-hydrogen) atoms. The van der Waals surface area contributed by atoms with Gasteiger partial charge in [-0.3, -0.25) is 14.5 Å². The minimum Gasteiger partial charge on any atom is -0.379 e. The number of rotatable bonds is 5. The minimum atomic E-state index is -0.186. The second-order valence-corrected chi connectivity index (χ2v) is 8.29. The lowest BCUT2D eigenvalue weighted by Gasteiger charge is -2.26. The number of aromatic nitrogens is 1. The van der Waals surface area contributed by atoms with E-state index in [2.05, 4.69) is 22.1 Å². The zero-order valence-electron chi connectivity index (χ0n) is 16.0. The summed E-state index contributed by atoms with van der Waals surface area (Å²) in [5.74, 6) is -0.181. The highest BCUT2D eigenvalue weighted by molar-refractivity contribution is 7.19. The van der Waals surface area contributed by atoms with Crippen LogP contribution >= 0.6 is 11.3 Å². The summed E-state index contributed by atoms with van der Waals surface area (Å²) in [7, 11) is 0. The molecule has 1 saturated heterocycles. The normalized spacial score (nSPS) is 15.1. The largest absolute Gasteiger partial charge is 0.379 e. The standard InChI is InChI=1S/C21H23N3O3S/c1-13(25)15-3-5-16(6-4-15)22-21(26)18-11-19-20(23-18)17(14(2)28-19)12-24-7-9-27-10-8-24/h3-6,11,23H,7-10,12H2,1-2H3,(H,22,26). The van der Waals surface area contributed by atoms with Crippen LogP contribution in [0.2, 0.25) is 0 Å². The summed E-state index contributed by atoms with van der Waals surface area (Å²) in [6, 6.07) is 8.83. The topological polar surface area (TPSA) is 74.4 Å². The average molecular weight is 398 g/mol. The van der Waals surface area contributed by atoms with Gasteiger partial charge in [0, 0.05) is 41.3 Å². The first kappa shape index (κ1) is 18.9. The van der Waals surface area contributed by atoms with E-state index in [-0.39, 0.29) is 11.7 Å². The average Bonchev–Trinajstić information content (AvgIpc) is 3.22. The highest BCUT2D eigenvalue weighted by Gasteiger charge is 2.19. The zero-order chi connectivity index (χ0) is 19.7. The summed E-state index contributed by atoms with van der Waals surface area (Å²) in [6.07, 6.45) is 0. The molecule has 3 aromatic rings. The Balaban J connectivity index is 1.52. The number of aromatic amines is 1. The van der Waals surface area contributed by atoms with Crippen molar-refractivity contribution >= 4 is 38.9 Å². The number of aryl methyl sites for hydroxylation is 1. The van der Waals surface area contributed by atoms with Crippen molar-refractivity contribution in [1.82, 2.24) is 9.88 Å². The van der Waals surface area contributed by atoms with E-state index in [1.54, 1.807) is 35.6 Å². The maximum absolute atomic E-state index is 12.7. The summed E-state index contributed by atoms with van der Waals surface area (Å²) >= 11 is 1.71. The van der Waals surface area contributed by atoms with Crippen LogP contribution in [-0.4, -0.2) is 47.9 Å². The summed E-state index contributed by atoms with van der Waals surface area (Å²) in [5.41, 5.74) is 4.14. The number of morpholine rings is 1. The van der Waals surface area contributed by atoms with Crippen molar-refractivity contribution in [2.24, 2.45) is 0 Å². The highest BCUT2D eigenvalue weighted by Crippen LogP contribution is 2.32. The molecule has 0 unspecified atom stereocenters. The van der Waals surface area contributed by atoms with Crippen molar-refractivity contribution in [3.8, 4) is 0 Å². The van der Waals surface area contributed by atoms with Gasteiger partial charge in [-0.25, -0.2) is 0 Å². The van der Waals surface area contributed by atoms with Crippen LogP contribution in [0.5, 0.6) is 0 Å². The zero-order valence-corrected chi connectivity index (χ0v) is 16.8. The Labute approximate surface area is 167 Å². The van der Waals surface area contributed by atoms with E-state index in [9.17, 15) is 9.59 Å². The number of Topliss-reactive ketones (excluding diaryl/α,β-unsaturated/α-hetero) is 1. The quantitative estimate of drug-likeness (QED) is 0.642. The second-order valence-electron chi connectivity index (χ2n) is 7.04. The number of fused-ring (bicyclic) bond motifs is 1. The Morgan fingerprint density at radius 1 is 1.21 bits per heavy atom. The van der Waals surface area contributed by atoms with E-state index in [4.69, 9.17) is 4.74 Å². The van der Waals surface area contributed by atoms with Crippen molar-refractivity contribution < 1.29 is 14.3 Å². The predicted octanol–water partition coefficient (Wildman–Crippen LogP) is 3.82. The lowest BCUT2D eigenvalue weighted by atomic mass is 10.1. The highest BCUT2D eigenvalue weighted by atomic mass is 32.1. The van der Waals surface area contributed by atoms with Crippen LogP contribution in [-0.2, 0) is 11.3 Å². The summed E-state index contributed by atoms with van der Waals surface area (Å²) in [4.78, 5) is 31.0. The molecule has 2 N–H and O–H groups in total. The van der Waals surface area contributed by atoms with Crippen LogP contribution in [0, 0.1) is 6.92 Å². The fourth-order valence-corrected chi connectivity index (χ4v) is 4.50. The summed E-state index contributed by atoms with van der Waals surface area (Å²) < 4.78 is 6.53. The Hall–Kier alpha value is -2.48. The molecule has 7 heteroatoms. The molecular weight excluding hydrogens is 374 g/mol. The van der Waals surface area contributed by atoms with Crippen LogP contribution in [0.4, 0.5) is 5.69 Å². The Morgan fingerprint density at radius 3 is 2.61 bits per heavy atom. The van der Waals surface area contributed by atoms with E-state index >= 15 is 0 Å². The number of carbonyl (C=O) groups is 2. The lowest BCUT2D eigenvalue weighted by molar-refractivity contribution is 0.0343. The van der Waals surface area contributed by atoms with Gasteiger partial charge in [-0.15, -0.1) is 11.3 Å². The molecule has 0 atom stereocenters. The molecule has 0 saturated carbocycles. The fourth-order valence-electron chi connectivity index (χ4n) is 3.43. The molecule has 3 heterocycles. The first-order valence-electron chi connectivity index (χ1n) is 9.34. The molecule has 2 aromatic heterocycles. The van der Waals surface area contributed by atoms with Gasteiger partial charge in [0.15, 0.2) is 5.78 Å². The first-order valence-corrected chi connectivity index (χ1v) is 10.2. The van der Waals surface area contributed by atoms with E-state index in [0.717, 1.165) is 43.1 Å². The molecule has 0 bridgehead atoms. The van der Waals surface area contributed by atoms with E-state index < -0.39 is 0 Å². The van der Waals surface area contributed by atoms with Gasteiger partial charge in [-0.2, -0.15) is 0 Å². The molecule has 1 aliphatic rings. The van der Waals surface area contributed by atoms with Gasteiger partial charge in [0.2, 0.25) is 0 Å². The number of ketones is 1. The Morgan fingerprint density at radius 2 is 1.93 bits per heavy atom.